The first-order valence-electron chi connectivity index (χ1n) is 4.30. The minimum Gasteiger partial charge on any atom is -0.508 e. The Balaban J connectivity index is 3.10. The lowest BCUT2D eigenvalue weighted by molar-refractivity contribution is -0.116. The molecule has 0 amide bonds. The van der Waals surface area contributed by atoms with Crippen LogP contribution in [-0.4, -0.2) is 10.9 Å². The zero-order valence-electron chi connectivity index (χ0n) is 8.22. The molecule has 0 heterocycles. The molecule has 2 nitrogen and oxygen atoms in total. The van der Waals surface area contributed by atoms with Gasteiger partial charge in [-0.1, -0.05) is 6.07 Å². The highest BCUT2D eigenvalue weighted by Crippen LogP contribution is 2.22. The highest BCUT2D eigenvalue weighted by atomic mass is 16.3. The van der Waals surface area contributed by atoms with Crippen LogP contribution in [-0.2, 0) is 11.2 Å². The van der Waals surface area contributed by atoms with E-state index in [1.807, 2.05) is 13.8 Å². The second-order valence-corrected chi connectivity index (χ2v) is 3.37. The number of hydrogen-bond acceptors (Lipinski definition) is 2. The third-order valence-corrected chi connectivity index (χ3v) is 2.31. The van der Waals surface area contributed by atoms with Gasteiger partial charge < -0.3 is 5.11 Å². The van der Waals surface area contributed by atoms with Crippen LogP contribution in [0.3, 0.4) is 0 Å². The Morgan fingerprint density at radius 2 is 1.92 bits per heavy atom. The van der Waals surface area contributed by atoms with Gasteiger partial charge in [0.25, 0.3) is 0 Å². The summed E-state index contributed by atoms with van der Waals surface area (Å²) in [5, 5.41) is 9.37. The van der Waals surface area contributed by atoms with Crippen LogP contribution in [0.5, 0.6) is 5.75 Å². The largest absolute Gasteiger partial charge is 0.508 e. The fourth-order valence-electron chi connectivity index (χ4n) is 1.32. The van der Waals surface area contributed by atoms with Crippen molar-refractivity contribution in [1.82, 2.24) is 0 Å². The first-order chi connectivity index (χ1) is 6.02. The first kappa shape index (κ1) is 9.78. The number of benzene rings is 1. The van der Waals surface area contributed by atoms with E-state index in [0.29, 0.717) is 12.2 Å². The highest BCUT2D eigenvalue weighted by Gasteiger charge is 2.06. The van der Waals surface area contributed by atoms with E-state index in [2.05, 4.69) is 0 Å². The second-order valence-electron chi connectivity index (χ2n) is 3.37. The Bertz CT molecular complexity index is 340. The summed E-state index contributed by atoms with van der Waals surface area (Å²) in [6, 6.07) is 3.44. The van der Waals surface area contributed by atoms with E-state index in [0.717, 1.165) is 16.7 Å². The fourth-order valence-corrected chi connectivity index (χ4v) is 1.32. The van der Waals surface area contributed by atoms with Crippen molar-refractivity contribution in [1.29, 1.82) is 0 Å². The minimum atomic E-state index is 0.146. The fraction of sp³-hybridized carbons (Fsp3) is 0.364. The van der Waals surface area contributed by atoms with Crippen molar-refractivity contribution in [2.75, 3.05) is 0 Å². The molecule has 0 aliphatic rings. The summed E-state index contributed by atoms with van der Waals surface area (Å²) < 4.78 is 0. The molecule has 0 spiro atoms. The maximum Gasteiger partial charge on any atom is 0.134 e. The van der Waals surface area contributed by atoms with Crippen LogP contribution in [0.15, 0.2) is 12.1 Å². The normalized spacial score (nSPS) is 10.1. The van der Waals surface area contributed by atoms with Crippen molar-refractivity contribution in [3.8, 4) is 5.75 Å². The molecule has 0 atom stereocenters. The molecule has 1 N–H and O–H groups in total. The summed E-state index contributed by atoms with van der Waals surface area (Å²) in [5.74, 6) is 0.443. The van der Waals surface area contributed by atoms with Crippen LogP contribution in [0.25, 0.3) is 0 Å². The Kier molecular flexibility index (Phi) is 2.71. The van der Waals surface area contributed by atoms with Gasteiger partial charge in [0.15, 0.2) is 0 Å². The summed E-state index contributed by atoms with van der Waals surface area (Å²) in [4.78, 5) is 10.9. The molecule has 1 rings (SSSR count). The van der Waals surface area contributed by atoms with E-state index in [4.69, 9.17) is 0 Å². The summed E-state index contributed by atoms with van der Waals surface area (Å²) in [5.41, 5.74) is 2.87. The van der Waals surface area contributed by atoms with Crippen molar-refractivity contribution < 1.29 is 9.90 Å². The molecule has 0 aromatic heterocycles. The molecule has 0 aliphatic carbocycles. The van der Waals surface area contributed by atoms with Crippen LogP contribution in [0.4, 0.5) is 0 Å². The van der Waals surface area contributed by atoms with Crippen molar-refractivity contribution in [2.45, 2.75) is 27.2 Å². The zero-order valence-corrected chi connectivity index (χ0v) is 8.22. The maximum atomic E-state index is 10.9. The standard InChI is InChI=1S/C11H14O2/c1-7(12)6-10-4-5-11(13)9(3)8(10)2/h4-5,13H,6H2,1-3H3. The lowest BCUT2D eigenvalue weighted by Gasteiger charge is -2.08. The lowest BCUT2D eigenvalue weighted by atomic mass is 9.99. The third-order valence-electron chi connectivity index (χ3n) is 2.31. The van der Waals surface area contributed by atoms with Gasteiger partial charge in [0.2, 0.25) is 0 Å². The van der Waals surface area contributed by atoms with Crippen molar-refractivity contribution in [3.05, 3.63) is 28.8 Å². The average Bonchev–Trinajstić information content (AvgIpc) is 2.06. The lowest BCUT2D eigenvalue weighted by Crippen LogP contribution is -1.99. The number of carbonyl (C=O) groups is 1. The predicted molar refractivity (Wildman–Crippen MR) is 52.0 cm³/mol. The van der Waals surface area contributed by atoms with Gasteiger partial charge in [-0.25, -0.2) is 0 Å². The van der Waals surface area contributed by atoms with Gasteiger partial charge in [-0.3, -0.25) is 4.79 Å². The van der Waals surface area contributed by atoms with E-state index in [9.17, 15) is 9.90 Å². The molecule has 13 heavy (non-hydrogen) atoms. The first-order valence-corrected chi connectivity index (χ1v) is 4.30. The average molecular weight is 178 g/mol. The number of Topliss-reactive ketones (excluding diaryl/α,β-unsaturated/α-hetero) is 1. The molecule has 0 radical (unpaired) electrons. The summed E-state index contributed by atoms with van der Waals surface area (Å²) in [6.45, 7) is 5.35. The molecular weight excluding hydrogens is 164 g/mol. The summed E-state index contributed by atoms with van der Waals surface area (Å²) in [7, 11) is 0. The summed E-state index contributed by atoms with van der Waals surface area (Å²) in [6.07, 6.45) is 0.451. The molecule has 1 aromatic carbocycles. The molecule has 0 fully saturated rings. The number of hydrogen-bond donors (Lipinski definition) is 1. The smallest absolute Gasteiger partial charge is 0.134 e. The van der Waals surface area contributed by atoms with E-state index >= 15 is 0 Å². The monoisotopic (exact) mass is 178 g/mol. The van der Waals surface area contributed by atoms with Crippen LogP contribution in [0.2, 0.25) is 0 Å². The highest BCUT2D eigenvalue weighted by molar-refractivity contribution is 5.78. The number of phenols is 1. The van der Waals surface area contributed by atoms with E-state index < -0.39 is 0 Å². The minimum absolute atomic E-state index is 0.146. The Morgan fingerprint density at radius 3 is 2.46 bits per heavy atom. The van der Waals surface area contributed by atoms with E-state index in [-0.39, 0.29) is 5.78 Å². The Labute approximate surface area is 78.2 Å². The van der Waals surface area contributed by atoms with Crippen molar-refractivity contribution >= 4 is 5.78 Å². The second kappa shape index (κ2) is 3.60. The van der Waals surface area contributed by atoms with Gasteiger partial charge in [0, 0.05) is 6.42 Å². The molecule has 1 aromatic rings. The topological polar surface area (TPSA) is 37.3 Å². The number of ketones is 1. The van der Waals surface area contributed by atoms with Gasteiger partial charge in [-0.05, 0) is 43.5 Å². The molecule has 0 saturated carbocycles. The van der Waals surface area contributed by atoms with Gasteiger partial charge >= 0.3 is 0 Å². The van der Waals surface area contributed by atoms with Gasteiger partial charge in [0.1, 0.15) is 11.5 Å². The van der Waals surface area contributed by atoms with Gasteiger partial charge in [-0.15, -0.1) is 0 Å². The van der Waals surface area contributed by atoms with Crippen LogP contribution >= 0.6 is 0 Å². The third kappa shape index (κ3) is 2.08. The number of aromatic hydroxyl groups is 1. The molecule has 0 unspecified atom stereocenters. The number of rotatable bonds is 2. The molecule has 0 saturated heterocycles. The maximum absolute atomic E-state index is 10.9. The predicted octanol–water partition coefficient (Wildman–Crippen LogP) is 2.14. The molecule has 70 valence electrons. The molecule has 2 heteroatoms. The van der Waals surface area contributed by atoms with E-state index in [1.165, 1.54) is 0 Å². The Morgan fingerprint density at radius 1 is 1.31 bits per heavy atom. The van der Waals surface area contributed by atoms with Crippen molar-refractivity contribution in [2.24, 2.45) is 0 Å². The van der Waals surface area contributed by atoms with E-state index in [1.54, 1.807) is 19.1 Å². The molecule has 0 bridgehead atoms. The van der Waals surface area contributed by atoms with Crippen molar-refractivity contribution in [3.63, 3.8) is 0 Å². The Hall–Kier alpha value is -1.31. The van der Waals surface area contributed by atoms with Crippen LogP contribution in [0, 0.1) is 13.8 Å². The summed E-state index contributed by atoms with van der Waals surface area (Å²) >= 11 is 0. The van der Waals surface area contributed by atoms with Crippen LogP contribution in [0.1, 0.15) is 23.6 Å². The van der Waals surface area contributed by atoms with Crippen LogP contribution < -0.4 is 0 Å². The molecule has 0 aliphatic heterocycles. The number of phenolic OH excluding ortho intramolecular Hbond substituents is 1. The molecular formula is C11H14O2. The van der Waals surface area contributed by atoms with Gasteiger partial charge in [0.05, 0.1) is 0 Å². The quantitative estimate of drug-likeness (QED) is 0.753. The SMILES string of the molecule is CC(=O)Cc1ccc(O)c(C)c1C. The zero-order chi connectivity index (χ0) is 10.0. The number of carbonyl (C=O) groups excluding carboxylic acids is 1. The van der Waals surface area contributed by atoms with Gasteiger partial charge in [-0.2, -0.15) is 0 Å².